The van der Waals surface area contributed by atoms with Gasteiger partial charge in [0.05, 0.1) is 12.2 Å². The molecule has 1 aliphatic carbocycles. The van der Waals surface area contributed by atoms with E-state index in [1.807, 2.05) is 4.90 Å². The van der Waals surface area contributed by atoms with Crippen molar-refractivity contribution in [2.75, 3.05) is 13.6 Å². The van der Waals surface area contributed by atoms with Crippen molar-refractivity contribution in [2.45, 2.75) is 64.8 Å². The van der Waals surface area contributed by atoms with E-state index in [9.17, 15) is 4.79 Å². The van der Waals surface area contributed by atoms with Crippen molar-refractivity contribution in [1.82, 2.24) is 15.1 Å². The van der Waals surface area contributed by atoms with Gasteiger partial charge in [0.25, 0.3) is 0 Å². The summed E-state index contributed by atoms with van der Waals surface area (Å²) in [5.74, 6) is 0.634. The predicted molar refractivity (Wildman–Crippen MR) is 73.2 cm³/mol. The van der Waals surface area contributed by atoms with E-state index < -0.39 is 0 Å². The first kappa shape index (κ1) is 13.8. The number of likely N-dealkylation sites (N-methyl/N-ethyl adjacent to an activating group) is 1. The Morgan fingerprint density at radius 1 is 1.39 bits per heavy atom. The lowest BCUT2D eigenvalue weighted by Gasteiger charge is -2.30. The van der Waals surface area contributed by atoms with Crippen molar-refractivity contribution in [1.29, 1.82) is 0 Å². The molecule has 4 heteroatoms. The molecule has 2 rings (SSSR count). The van der Waals surface area contributed by atoms with Gasteiger partial charge in [-0.1, -0.05) is 13.8 Å². The third-order valence-electron chi connectivity index (χ3n) is 4.38. The van der Waals surface area contributed by atoms with Crippen molar-refractivity contribution in [3.8, 4) is 0 Å². The number of nitrogens with zero attached hydrogens (tertiary/aromatic N) is 2. The summed E-state index contributed by atoms with van der Waals surface area (Å²) in [5, 5.41) is 3.40. The molecule has 18 heavy (non-hydrogen) atoms. The molecule has 0 aromatic heterocycles. The van der Waals surface area contributed by atoms with Crippen molar-refractivity contribution >= 4 is 5.91 Å². The van der Waals surface area contributed by atoms with Gasteiger partial charge in [-0.3, -0.25) is 15.0 Å². The molecule has 1 N–H and O–H groups in total. The van der Waals surface area contributed by atoms with E-state index >= 15 is 0 Å². The fourth-order valence-electron chi connectivity index (χ4n) is 2.77. The first-order valence-corrected chi connectivity index (χ1v) is 7.20. The number of amides is 1. The van der Waals surface area contributed by atoms with Gasteiger partial charge >= 0.3 is 0 Å². The minimum atomic E-state index is -0.00145. The maximum atomic E-state index is 12.3. The summed E-state index contributed by atoms with van der Waals surface area (Å²) < 4.78 is 0. The summed E-state index contributed by atoms with van der Waals surface area (Å²) in [6.45, 7) is 9.35. The molecule has 4 nitrogen and oxygen atoms in total. The molecular formula is C14H27N3O. The molecule has 104 valence electrons. The first-order valence-electron chi connectivity index (χ1n) is 7.20. The van der Waals surface area contributed by atoms with Crippen LogP contribution in [0.1, 0.15) is 40.5 Å². The largest absolute Gasteiger partial charge is 0.325 e. The van der Waals surface area contributed by atoms with Crippen molar-refractivity contribution in [3.05, 3.63) is 0 Å². The molecule has 0 aromatic rings. The van der Waals surface area contributed by atoms with Crippen LogP contribution in [0.3, 0.4) is 0 Å². The highest BCUT2D eigenvalue weighted by molar-refractivity contribution is 5.84. The molecule has 1 aliphatic heterocycles. The minimum absolute atomic E-state index is 0.00145. The van der Waals surface area contributed by atoms with Crippen LogP contribution in [-0.4, -0.2) is 53.6 Å². The quantitative estimate of drug-likeness (QED) is 0.801. The van der Waals surface area contributed by atoms with Crippen LogP contribution in [0.15, 0.2) is 0 Å². The fraction of sp³-hybridized carbons (Fsp3) is 0.929. The van der Waals surface area contributed by atoms with Gasteiger partial charge in [0.2, 0.25) is 5.91 Å². The van der Waals surface area contributed by atoms with Crippen LogP contribution in [-0.2, 0) is 4.79 Å². The Bertz CT molecular complexity index is 314. The van der Waals surface area contributed by atoms with Gasteiger partial charge in [0, 0.05) is 18.6 Å². The monoisotopic (exact) mass is 253 g/mol. The molecule has 3 atom stereocenters. The van der Waals surface area contributed by atoms with E-state index in [1.165, 1.54) is 12.8 Å². The number of nitrogens with one attached hydrogen (secondary N) is 1. The molecule has 0 radical (unpaired) electrons. The number of carbonyl (C=O) groups is 1. The van der Waals surface area contributed by atoms with Crippen molar-refractivity contribution in [2.24, 2.45) is 5.92 Å². The third-order valence-corrected chi connectivity index (χ3v) is 4.38. The van der Waals surface area contributed by atoms with Crippen LogP contribution >= 0.6 is 0 Å². The van der Waals surface area contributed by atoms with Crippen molar-refractivity contribution < 1.29 is 4.79 Å². The molecule has 0 spiro atoms. The number of rotatable bonds is 5. The zero-order chi connectivity index (χ0) is 13.4. The van der Waals surface area contributed by atoms with E-state index in [2.05, 4.69) is 45.0 Å². The first-order chi connectivity index (χ1) is 8.41. The van der Waals surface area contributed by atoms with E-state index in [4.69, 9.17) is 0 Å². The van der Waals surface area contributed by atoms with Gasteiger partial charge in [-0.15, -0.1) is 0 Å². The Labute approximate surface area is 111 Å². The SMILES string of the molecule is CC(C)C1NC(C)N(CC(C)N(C)C2CC2)C1=O. The highest BCUT2D eigenvalue weighted by Gasteiger charge is 2.39. The average Bonchev–Trinajstić information content (AvgIpc) is 3.10. The van der Waals surface area contributed by atoms with Crippen molar-refractivity contribution in [3.63, 3.8) is 0 Å². The van der Waals surface area contributed by atoms with E-state index in [1.54, 1.807) is 0 Å². The Hall–Kier alpha value is -0.610. The minimum Gasteiger partial charge on any atom is -0.325 e. The molecule has 1 saturated carbocycles. The second-order valence-corrected chi connectivity index (χ2v) is 6.30. The number of hydrogen-bond donors (Lipinski definition) is 1. The maximum Gasteiger partial charge on any atom is 0.241 e. The summed E-state index contributed by atoms with van der Waals surface area (Å²) in [5.41, 5.74) is 0. The van der Waals surface area contributed by atoms with E-state index in [0.717, 1.165) is 12.6 Å². The van der Waals surface area contributed by atoms with E-state index in [0.29, 0.717) is 12.0 Å². The van der Waals surface area contributed by atoms with Crippen LogP contribution in [0, 0.1) is 5.92 Å². The van der Waals surface area contributed by atoms with Crippen LogP contribution in [0.4, 0.5) is 0 Å². The number of carbonyl (C=O) groups excluding carboxylic acids is 1. The van der Waals surface area contributed by atoms with Gasteiger partial charge in [-0.05, 0) is 39.7 Å². The topological polar surface area (TPSA) is 35.6 Å². The highest BCUT2D eigenvalue weighted by Crippen LogP contribution is 2.27. The van der Waals surface area contributed by atoms with Gasteiger partial charge in [0.1, 0.15) is 0 Å². The summed E-state index contributed by atoms with van der Waals surface area (Å²) in [6, 6.07) is 1.19. The lowest BCUT2D eigenvalue weighted by molar-refractivity contribution is -0.131. The lowest BCUT2D eigenvalue weighted by Crippen LogP contribution is -2.45. The molecule has 3 unspecified atom stereocenters. The Morgan fingerprint density at radius 2 is 2.00 bits per heavy atom. The molecular weight excluding hydrogens is 226 g/mol. The zero-order valence-corrected chi connectivity index (χ0v) is 12.3. The standard InChI is InChI=1S/C14H27N3O/c1-9(2)13-14(18)17(11(4)15-13)8-10(3)16(5)12-6-7-12/h9-13,15H,6-8H2,1-5H3. The third kappa shape index (κ3) is 2.69. The van der Waals surface area contributed by atoms with Gasteiger partial charge in [0.15, 0.2) is 0 Å². The summed E-state index contributed by atoms with van der Waals surface area (Å²) >= 11 is 0. The van der Waals surface area contributed by atoms with Gasteiger partial charge in [-0.2, -0.15) is 0 Å². The Morgan fingerprint density at radius 3 is 2.44 bits per heavy atom. The molecule has 1 amide bonds. The Balaban J connectivity index is 1.93. The smallest absolute Gasteiger partial charge is 0.241 e. The molecule has 2 fully saturated rings. The average molecular weight is 253 g/mol. The van der Waals surface area contributed by atoms with Crippen LogP contribution in [0.2, 0.25) is 0 Å². The Kier molecular flexibility index (Phi) is 3.97. The summed E-state index contributed by atoms with van der Waals surface area (Å²) in [7, 11) is 2.18. The van der Waals surface area contributed by atoms with Crippen LogP contribution in [0.5, 0.6) is 0 Å². The zero-order valence-electron chi connectivity index (χ0n) is 12.3. The van der Waals surface area contributed by atoms with E-state index in [-0.39, 0.29) is 18.1 Å². The predicted octanol–water partition coefficient (Wildman–Crippen LogP) is 1.27. The van der Waals surface area contributed by atoms with Crippen LogP contribution in [0.25, 0.3) is 0 Å². The second kappa shape index (κ2) is 5.17. The van der Waals surface area contributed by atoms with Gasteiger partial charge in [-0.25, -0.2) is 0 Å². The second-order valence-electron chi connectivity index (χ2n) is 6.30. The molecule has 0 aromatic carbocycles. The normalized spacial score (nSPS) is 30.6. The summed E-state index contributed by atoms with van der Waals surface area (Å²) in [6.07, 6.45) is 2.80. The fourth-order valence-corrected chi connectivity index (χ4v) is 2.77. The lowest BCUT2D eigenvalue weighted by atomic mass is 10.0. The van der Waals surface area contributed by atoms with Crippen LogP contribution < -0.4 is 5.32 Å². The molecule has 1 saturated heterocycles. The maximum absolute atomic E-state index is 12.3. The van der Waals surface area contributed by atoms with Gasteiger partial charge < -0.3 is 4.90 Å². The highest BCUT2D eigenvalue weighted by atomic mass is 16.2. The summed E-state index contributed by atoms with van der Waals surface area (Å²) in [4.78, 5) is 16.8. The molecule has 2 aliphatic rings. The number of hydrogen-bond acceptors (Lipinski definition) is 3. The molecule has 0 bridgehead atoms. The molecule has 1 heterocycles.